The molecule has 1 amide bonds. The van der Waals surface area contributed by atoms with E-state index < -0.39 is 0 Å². The number of hydrogen-bond acceptors (Lipinski definition) is 4. The van der Waals surface area contributed by atoms with Gasteiger partial charge in [-0.2, -0.15) is 0 Å². The van der Waals surface area contributed by atoms with Crippen molar-refractivity contribution in [3.8, 4) is 11.5 Å². The Balaban J connectivity index is 1.54. The van der Waals surface area contributed by atoms with Crippen molar-refractivity contribution in [2.24, 2.45) is 0 Å². The molecule has 0 bridgehead atoms. The lowest BCUT2D eigenvalue weighted by Crippen LogP contribution is -2.35. The van der Waals surface area contributed by atoms with Crippen LogP contribution in [0, 0.1) is 13.8 Å². The van der Waals surface area contributed by atoms with Gasteiger partial charge in [0.1, 0.15) is 5.76 Å². The first-order valence-corrected chi connectivity index (χ1v) is 9.67. The summed E-state index contributed by atoms with van der Waals surface area (Å²) in [6.07, 6.45) is 0.221. The predicted octanol–water partition coefficient (Wildman–Crippen LogP) is 4.14. The zero-order valence-corrected chi connectivity index (χ0v) is 16.7. The molecular weight excluding hydrogens is 350 g/mol. The summed E-state index contributed by atoms with van der Waals surface area (Å²) >= 11 is 0. The number of aryl methyl sites for hydroxylation is 2. The Morgan fingerprint density at radius 2 is 1.89 bits per heavy atom. The van der Waals surface area contributed by atoms with Crippen LogP contribution < -0.4 is 10.2 Å². The monoisotopic (exact) mass is 377 g/mol. The van der Waals surface area contributed by atoms with E-state index in [1.807, 2.05) is 37.3 Å². The second-order valence-electron chi connectivity index (χ2n) is 6.83. The molecule has 1 N–H and O–H groups in total. The third kappa shape index (κ3) is 5.00. The van der Waals surface area contributed by atoms with E-state index in [1.54, 1.807) is 0 Å². The van der Waals surface area contributed by atoms with Gasteiger partial charge in [0.2, 0.25) is 11.8 Å². The third-order valence-corrected chi connectivity index (χ3v) is 4.69. The molecule has 0 aliphatic carbocycles. The minimum atomic E-state index is -0.0451. The molecule has 3 aromatic rings. The van der Waals surface area contributed by atoms with Gasteiger partial charge in [-0.25, -0.2) is 4.98 Å². The molecule has 28 heavy (non-hydrogen) atoms. The van der Waals surface area contributed by atoms with Crippen LogP contribution in [0.4, 0.5) is 5.69 Å². The highest BCUT2D eigenvalue weighted by molar-refractivity contribution is 5.78. The average molecular weight is 377 g/mol. The summed E-state index contributed by atoms with van der Waals surface area (Å²) in [5.74, 6) is 1.19. The van der Waals surface area contributed by atoms with Crippen LogP contribution in [-0.4, -0.2) is 30.5 Å². The normalized spacial score (nSPS) is 10.7. The van der Waals surface area contributed by atoms with Crippen LogP contribution in [0.15, 0.2) is 59.0 Å². The molecule has 0 radical (unpaired) electrons. The first-order chi connectivity index (χ1) is 13.6. The number of aromatic nitrogens is 1. The molecule has 0 aliphatic heterocycles. The molecule has 0 atom stereocenters. The van der Waals surface area contributed by atoms with Crippen molar-refractivity contribution < 1.29 is 9.21 Å². The maximum absolute atomic E-state index is 12.4. The molecule has 0 saturated heterocycles. The molecule has 0 saturated carbocycles. The number of likely N-dealkylation sites (N-methyl/N-ethyl adjacent to an activating group) is 1. The molecule has 3 rings (SSSR count). The molecule has 0 fully saturated rings. The maximum atomic E-state index is 12.4. The number of carbonyl (C=O) groups excluding carboxylic acids is 1. The fourth-order valence-electron chi connectivity index (χ4n) is 3.14. The second-order valence-corrected chi connectivity index (χ2v) is 6.83. The Morgan fingerprint density at radius 3 is 2.61 bits per heavy atom. The van der Waals surface area contributed by atoms with Gasteiger partial charge < -0.3 is 14.6 Å². The lowest BCUT2D eigenvalue weighted by atomic mass is 10.2. The smallest absolute Gasteiger partial charge is 0.226 e. The maximum Gasteiger partial charge on any atom is 0.226 e. The van der Waals surface area contributed by atoms with E-state index in [2.05, 4.69) is 53.3 Å². The van der Waals surface area contributed by atoms with Crippen molar-refractivity contribution in [2.75, 3.05) is 24.5 Å². The van der Waals surface area contributed by atoms with Crippen molar-refractivity contribution in [2.45, 2.75) is 27.2 Å². The van der Waals surface area contributed by atoms with Gasteiger partial charge in [0.25, 0.3) is 0 Å². The summed E-state index contributed by atoms with van der Waals surface area (Å²) < 4.78 is 5.73. The molecule has 1 heterocycles. The van der Waals surface area contributed by atoms with E-state index in [9.17, 15) is 4.79 Å². The molecule has 1 aromatic heterocycles. The van der Waals surface area contributed by atoms with Gasteiger partial charge in [0.15, 0.2) is 0 Å². The fourth-order valence-corrected chi connectivity index (χ4v) is 3.14. The first-order valence-electron chi connectivity index (χ1n) is 9.67. The van der Waals surface area contributed by atoms with Crippen LogP contribution in [-0.2, 0) is 11.2 Å². The minimum absolute atomic E-state index is 0.0451. The lowest BCUT2D eigenvalue weighted by molar-refractivity contribution is -0.120. The highest BCUT2D eigenvalue weighted by Gasteiger charge is 2.14. The lowest BCUT2D eigenvalue weighted by Gasteiger charge is -2.23. The number of rotatable bonds is 8. The van der Waals surface area contributed by atoms with Crippen molar-refractivity contribution >= 4 is 11.6 Å². The Bertz CT molecular complexity index is 919. The van der Waals surface area contributed by atoms with E-state index in [4.69, 9.17) is 4.42 Å². The van der Waals surface area contributed by atoms with E-state index in [-0.39, 0.29) is 12.3 Å². The van der Waals surface area contributed by atoms with Crippen LogP contribution in [0.5, 0.6) is 0 Å². The van der Waals surface area contributed by atoms with Crippen molar-refractivity contribution in [3.05, 3.63) is 71.6 Å². The molecular formula is C23H27N3O2. The van der Waals surface area contributed by atoms with Crippen molar-refractivity contribution in [1.82, 2.24) is 10.3 Å². The Hall–Kier alpha value is -3.08. The molecule has 5 nitrogen and oxygen atoms in total. The number of benzene rings is 2. The largest absolute Gasteiger partial charge is 0.441 e. The summed E-state index contributed by atoms with van der Waals surface area (Å²) in [6.45, 7) is 8.29. The number of hydrogen-bond donors (Lipinski definition) is 1. The quantitative estimate of drug-likeness (QED) is 0.641. The first kappa shape index (κ1) is 19.7. The van der Waals surface area contributed by atoms with Crippen molar-refractivity contribution in [3.63, 3.8) is 0 Å². The average Bonchev–Trinajstić information content (AvgIpc) is 3.06. The standard InChI is InChI=1S/C23H27N3O2/c1-4-26(20-12-8-9-17(2)15-20)14-13-24-22(27)16-21-18(3)28-23(25-21)19-10-6-5-7-11-19/h5-12,15H,4,13-14,16H2,1-3H3,(H,24,27). The molecule has 0 aliphatic rings. The van der Waals surface area contributed by atoms with Gasteiger partial charge in [-0.15, -0.1) is 0 Å². The van der Waals surface area contributed by atoms with Gasteiger partial charge in [0.05, 0.1) is 12.1 Å². The SMILES string of the molecule is CCN(CCNC(=O)Cc1nc(-c2ccccc2)oc1C)c1cccc(C)c1. The van der Waals surface area contributed by atoms with Gasteiger partial charge >= 0.3 is 0 Å². The number of anilines is 1. The highest BCUT2D eigenvalue weighted by Crippen LogP contribution is 2.21. The number of oxazole rings is 1. The van der Waals surface area contributed by atoms with Crippen LogP contribution in [0.2, 0.25) is 0 Å². The van der Waals surface area contributed by atoms with Crippen molar-refractivity contribution in [1.29, 1.82) is 0 Å². The summed E-state index contributed by atoms with van der Waals surface area (Å²) in [5, 5.41) is 2.99. The predicted molar refractivity (Wildman–Crippen MR) is 112 cm³/mol. The number of nitrogens with zero attached hydrogens (tertiary/aromatic N) is 2. The van der Waals surface area contributed by atoms with Gasteiger partial charge in [-0.1, -0.05) is 30.3 Å². The zero-order valence-electron chi connectivity index (χ0n) is 16.7. The molecule has 5 heteroatoms. The van der Waals surface area contributed by atoms with E-state index in [1.165, 1.54) is 11.3 Å². The zero-order chi connectivity index (χ0) is 19.9. The molecule has 2 aromatic carbocycles. The topological polar surface area (TPSA) is 58.4 Å². The summed E-state index contributed by atoms with van der Waals surface area (Å²) in [4.78, 5) is 19.1. The third-order valence-electron chi connectivity index (χ3n) is 4.69. The van der Waals surface area contributed by atoms with Crippen LogP contribution in [0.3, 0.4) is 0 Å². The number of carbonyl (C=O) groups is 1. The fraction of sp³-hybridized carbons (Fsp3) is 0.304. The van der Waals surface area contributed by atoms with E-state index >= 15 is 0 Å². The Labute approximate surface area is 166 Å². The summed E-state index contributed by atoms with van der Waals surface area (Å²) in [5.41, 5.74) is 4.00. The molecule has 0 unspecified atom stereocenters. The van der Waals surface area contributed by atoms with Gasteiger partial charge in [-0.05, 0) is 50.6 Å². The molecule has 146 valence electrons. The number of amides is 1. The number of nitrogens with one attached hydrogen (secondary N) is 1. The Morgan fingerprint density at radius 1 is 1.11 bits per heavy atom. The Kier molecular flexibility index (Phi) is 6.48. The molecule has 0 spiro atoms. The van der Waals surface area contributed by atoms with E-state index in [0.717, 1.165) is 18.7 Å². The highest BCUT2D eigenvalue weighted by atomic mass is 16.4. The van der Waals surface area contributed by atoms with Crippen LogP contribution in [0.25, 0.3) is 11.5 Å². The van der Waals surface area contributed by atoms with Crippen LogP contribution >= 0.6 is 0 Å². The van der Waals surface area contributed by atoms with E-state index in [0.29, 0.717) is 23.9 Å². The summed E-state index contributed by atoms with van der Waals surface area (Å²) in [6, 6.07) is 18.1. The summed E-state index contributed by atoms with van der Waals surface area (Å²) in [7, 11) is 0. The van der Waals surface area contributed by atoms with Gasteiger partial charge in [0, 0.05) is 30.9 Å². The minimum Gasteiger partial charge on any atom is -0.441 e. The van der Waals surface area contributed by atoms with Gasteiger partial charge in [-0.3, -0.25) is 4.79 Å². The van der Waals surface area contributed by atoms with Crippen LogP contribution in [0.1, 0.15) is 23.9 Å². The second kappa shape index (κ2) is 9.22.